The lowest BCUT2D eigenvalue weighted by molar-refractivity contribution is 0.268. The molecule has 1 fully saturated rings. The first kappa shape index (κ1) is 13.0. The zero-order chi connectivity index (χ0) is 12.1. The van der Waals surface area contributed by atoms with Crippen molar-refractivity contribution in [3.8, 4) is 5.75 Å². The van der Waals surface area contributed by atoms with Crippen LogP contribution in [0, 0.1) is 0 Å². The van der Waals surface area contributed by atoms with Gasteiger partial charge in [-0.2, -0.15) is 0 Å². The van der Waals surface area contributed by atoms with Crippen molar-refractivity contribution in [2.24, 2.45) is 0 Å². The summed E-state index contributed by atoms with van der Waals surface area (Å²) in [6, 6.07) is 5.87. The number of halogens is 2. The molecule has 0 unspecified atom stereocenters. The van der Waals surface area contributed by atoms with Crippen LogP contribution < -0.4 is 10.1 Å². The highest BCUT2D eigenvalue weighted by atomic mass is 35.5. The predicted molar refractivity (Wildman–Crippen MR) is 72.2 cm³/mol. The molecular weight excluding hydrogens is 257 g/mol. The fourth-order valence-corrected chi connectivity index (χ4v) is 2.40. The van der Waals surface area contributed by atoms with Crippen LogP contribution in [0.4, 0.5) is 0 Å². The van der Waals surface area contributed by atoms with Crippen molar-refractivity contribution in [3.63, 3.8) is 0 Å². The number of ether oxygens (including phenoxy) is 1. The van der Waals surface area contributed by atoms with Gasteiger partial charge in [0.05, 0.1) is 11.6 Å². The summed E-state index contributed by atoms with van der Waals surface area (Å²) < 4.78 is 5.66. The van der Waals surface area contributed by atoms with Crippen molar-refractivity contribution in [1.82, 2.24) is 5.32 Å². The lowest BCUT2D eigenvalue weighted by atomic mass is 10.0. The summed E-state index contributed by atoms with van der Waals surface area (Å²) in [5.41, 5.74) is 0. The van der Waals surface area contributed by atoms with Gasteiger partial charge in [-0.25, -0.2) is 0 Å². The Kier molecular flexibility index (Phi) is 4.96. The molecule has 0 bridgehead atoms. The minimum Gasteiger partial charge on any atom is -0.492 e. The van der Waals surface area contributed by atoms with Crippen molar-refractivity contribution < 1.29 is 4.74 Å². The molecular formula is C13H17Cl2NO. The summed E-state index contributed by atoms with van der Waals surface area (Å²) in [4.78, 5) is 0. The molecule has 2 rings (SSSR count). The molecule has 4 heteroatoms. The van der Waals surface area contributed by atoms with Gasteiger partial charge in [-0.3, -0.25) is 0 Å². The van der Waals surface area contributed by atoms with Gasteiger partial charge in [0.1, 0.15) is 5.75 Å². The molecule has 1 aliphatic rings. The first-order valence-corrected chi connectivity index (χ1v) is 6.82. The highest BCUT2D eigenvalue weighted by molar-refractivity contribution is 6.34. The monoisotopic (exact) mass is 273 g/mol. The molecule has 0 aliphatic carbocycles. The van der Waals surface area contributed by atoms with Crippen molar-refractivity contribution in [1.29, 1.82) is 0 Å². The second kappa shape index (κ2) is 6.48. The predicted octanol–water partition coefficient (Wildman–Crippen LogP) is 3.90. The minimum absolute atomic E-state index is 0.585. The van der Waals surface area contributed by atoms with Crippen molar-refractivity contribution in [3.05, 3.63) is 28.2 Å². The Balaban J connectivity index is 1.79. The molecule has 1 N–H and O–H groups in total. The molecule has 0 spiro atoms. The Hall–Kier alpha value is -0.440. The van der Waals surface area contributed by atoms with Crippen molar-refractivity contribution in [2.45, 2.75) is 31.7 Å². The Bertz CT molecular complexity index is 364. The van der Waals surface area contributed by atoms with E-state index in [1.807, 2.05) is 0 Å². The Labute approximate surface area is 112 Å². The number of benzene rings is 1. The maximum Gasteiger partial charge on any atom is 0.139 e. The molecule has 1 aliphatic heterocycles. The molecule has 1 aromatic rings. The van der Waals surface area contributed by atoms with E-state index in [1.54, 1.807) is 18.2 Å². The topological polar surface area (TPSA) is 21.3 Å². The zero-order valence-electron chi connectivity index (χ0n) is 9.72. The summed E-state index contributed by atoms with van der Waals surface area (Å²) in [5, 5.41) is 4.76. The number of hydrogen-bond donors (Lipinski definition) is 1. The van der Waals surface area contributed by atoms with Crippen LogP contribution in [0.5, 0.6) is 5.75 Å². The fourth-order valence-electron chi connectivity index (χ4n) is 2.07. The van der Waals surface area contributed by atoms with Gasteiger partial charge in [-0.1, -0.05) is 29.6 Å². The van der Waals surface area contributed by atoms with Crippen molar-refractivity contribution in [2.75, 3.05) is 13.2 Å². The van der Waals surface area contributed by atoms with Gasteiger partial charge in [-0.15, -0.1) is 0 Å². The molecule has 0 amide bonds. The Morgan fingerprint density at radius 2 is 2.18 bits per heavy atom. The highest BCUT2D eigenvalue weighted by Gasteiger charge is 2.12. The average molecular weight is 274 g/mol. The quantitative estimate of drug-likeness (QED) is 0.899. The minimum atomic E-state index is 0.585. The zero-order valence-corrected chi connectivity index (χ0v) is 11.2. The molecule has 1 aromatic carbocycles. The standard InChI is InChI=1S/C13H17Cl2NO/c14-10-4-5-12(15)13(9-10)17-8-6-11-3-1-2-7-16-11/h4-5,9,11,16H,1-3,6-8H2/t11-/m1/s1. The maximum atomic E-state index is 6.02. The van der Waals surface area contributed by atoms with Gasteiger partial charge in [0.25, 0.3) is 0 Å². The van der Waals surface area contributed by atoms with E-state index in [1.165, 1.54) is 19.3 Å². The summed E-state index contributed by atoms with van der Waals surface area (Å²) in [6.45, 7) is 1.81. The molecule has 17 heavy (non-hydrogen) atoms. The van der Waals surface area contributed by atoms with Crippen LogP contribution in [0.25, 0.3) is 0 Å². The summed E-state index contributed by atoms with van der Waals surface area (Å²) in [5.74, 6) is 0.676. The molecule has 2 nitrogen and oxygen atoms in total. The summed E-state index contributed by atoms with van der Waals surface area (Å²) >= 11 is 11.9. The van der Waals surface area contributed by atoms with Gasteiger partial charge in [-0.05, 0) is 37.9 Å². The van der Waals surface area contributed by atoms with E-state index < -0.39 is 0 Å². The van der Waals surface area contributed by atoms with Crippen LogP contribution in [-0.2, 0) is 0 Å². The lowest BCUT2D eigenvalue weighted by Gasteiger charge is -2.23. The van der Waals surface area contributed by atoms with Crippen LogP contribution in [-0.4, -0.2) is 19.2 Å². The number of rotatable bonds is 4. The number of hydrogen-bond acceptors (Lipinski definition) is 2. The Morgan fingerprint density at radius 1 is 1.29 bits per heavy atom. The van der Waals surface area contributed by atoms with E-state index in [9.17, 15) is 0 Å². The molecule has 94 valence electrons. The molecule has 0 saturated carbocycles. The van der Waals surface area contributed by atoms with Gasteiger partial charge in [0, 0.05) is 17.1 Å². The van der Waals surface area contributed by atoms with Crippen LogP contribution in [0.1, 0.15) is 25.7 Å². The van der Waals surface area contributed by atoms with E-state index in [2.05, 4.69) is 5.32 Å². The van der Waals surface area contributed by atoms with Crippen LogP contribution in [0.15, 0.2) is 18.2 Å². The first-order chi connectivity index (χ1) is 8.25. The summed E-state index contributed by atoms with van der Waals surface area (Å²) in [7, 11) is 0. The first-order valence-electron chi connectivity index (χ1n) is 6.07. The number of piperidine rings is 1. The largest absolute Gasteiger partial charge is 0.492 e. The Morgan fingerprint density at radius 3 is 2.94 bits per heavy atom. The van der Waals surface area contributed by atoms with E-state index >= 15 is 0 Å². The third kappa shape index (κ3) is 4.06. The smallest absolute Gasteiger partial charge is 0.139 e. The molecule has 1 heterocycles. The molecule has 0 radical (unpaired) electrons. The van der Waals surface area contributed by atoms with E-state index in [4.69, 9.17) is 27.9 Å². The van der Waals surface area contributed by atoms with E-state index in [0.29, 0.717) is 28.4 Å². The second-order valence-corrected chi connectivity index (χ2v) is 5.20. The van der Waals surface area contributed by atoms with Gasteiger partial charge in [0.15, 0.2) is 0 Å². The average Bonchev–Trinajstić information content (AvgIpc) is 2.35. The third-order valence-corrected chi connectivity index (χ3v) is 3.58. The molecule has 1 saturated heterocycles. The van der Waals surface area contributed by atoms with Gasteiger partial charge >= 0.3 is 0 Å². The second-order valence-electron chi connectivity index (χ2n) is 4.36. The molecule has 1 atom stereocenters. The SMILES string of the molecule is Clc1ccc(Cl)c(OCC[C@H]2CCCCN2)c1. The van der Waals surface area contributed by atoms with Crippen LogP contribution >= 0.6 is 23.2 Å². The van der Waals surface area contributed by atoms with Crippen molar-refractivity contribution >= 4 is 23.2 Å². The maximum absolute atomic E-state index is 6.02. The lowest BCUT2D eigenvalue weighted by Crippen LogP contribution is -2.35. The third-order valence-electron chi connectivity index (χ3n) is 3.03. The van der Waals surface area contributed by atoms with E-state index in [-0.39, 0.29) is 0 Å². The fraction of sp³-hybridized carbons (Fsp3) is 0.538. The summed E-state index contributed by atoms with van der Waals surface area (Å²) in [6.07, 6.45) is 4.86. The van der Waals surface area contributed by atoms with E-state index in [0.717, 1.165) is 13.0 Å². The van der Waals surface area contributed by atoms with Gasteiger partial charge < -0.3 is 10.1 Å². The van der Waals surface area contributed by atoms with Crippen LogP contribution in [0.3, 0.4) is 0 Å². The number of nitrogens with one attached hydrogen (secondary N) is 1. The highest BCUT2D eigenvalue weighted by Crippen LogP contribution is 2.27. The molecule has 0 aromatic heterocycles. The van der Waals surface area contributed by atoms with Crippen LogP contribution in [0.2, 0.25) is 10.0 Å². The van der Waals surface area contributed by atoms with Gasteiger partial charge in [0.2, 0.25) is 0 Å². The normalized spacial score (nSPS) is 20.2.